The highest BCUT2D eigenvalue weighted by Crippen LogP contribution is 2.25. The molecule has 12 heteroatoms. The molecule has 2 aromatic rings. The number of aliphatic imine (C=N–C) groups is 1. The first-order valence-corrected chi connectivity index (χ1v) is 17.9. The predicted octanol–water partition coefficient (Wildman–Crippen LogP) is 5.39. The third-order valence-electron chi connectivity index (χ3n) is 6.25. The minimum atomic E-state index is -3.46. The fourth-order valence-corrected chi connectivity index (χ4v) is 6.39. The minimum Gasteiger partial charge on any atom is -0.370 e. The van der Waals surface area contributed by atoms with Crippen LogP contribution < -0.4 is 11.5 Å². The van der Waals surface area contributed by atoms with E-state index >= 15 is 0 Å². The van der Waals surface area contributed by atoms with Gasteiger partial charge < -0.3 is 11.5 Å². The number of allylic oxidation sites excluding steroid dienone is 4. The van der Waals surface area contributed by atoms with E-state index in [0.717, 1.165) is 43.8 Å². The summed E-state index contributed by atoms with van der Waals surface area (Å²) in [5.74, 6) is -1.01. The molecule has 0 aromatic heterocycles. The van der Waals surface area contributed by atoms with Gasteiger partial charge in [-0.15, -0.1) is 0 Å². The molecule has 0 bridgehead atoms. The Morgan fingerprint density at radius 1 is 0.744 bits per heavy atom. The van der Waals surface area contributed by atoms with Crippen molar-refractivity contribution in [2.75, 3.05) is 12.5 Å². The van der Waals surface area contributed by atoms with Gasteiger partial charge in [-0.3, -0.25) is 9.59 Å². The lowest BCUT2D eigenvalue weighted by Crippen LogP contribution is -2.24. The first kappa shape index (κ1) is 37.7. The van der Waals surface area contributed by atoms with E-state index in [1.54, 1.807) is 26.0 Å². The number of sulfone groups is 2. The maximum atomic E-state index is 12.0. The second-order valence-corrected chi connectivity index (χ2v) is 14.4. The van der Waals surface area contributed by atoms with Gasteiger partial charge in [0.05, 0.1) is 9.79 Å². The quantitative estimate of drug-likeness (QED) is 0.133. The molecule has 0 fully saturated rings. The Hall–Kier alpha value is -3.28. The predicted molar refractivity (Wildman–Crippen MR) is 174 cm³/mol. The van der Waals surface area contributed by atoms with Crippen molar-refractivity contribution < 1.29 is 26.4 Å². The van der Waals surface area contributed by atoms with Crippen LogP contribution in [0.2, 0.25) is 0 Å². The Kier molecular flexibility index (Phi) is 15.0. The fraction of sp³-hybridized carbons (Fsp3) is 0.387. The first-order chi connectivity index (χ1) is 19.9. The van der Waals surface area contributed by atoms with E-state index in [2.05, 4.69) is 4.99 Å². The van der Waals surface area contributed by atoms with Crippen molar-refractivity contribution in [1.29, 1.82) is 0 Å². The zero-order valence-electron chi connectivity index (χ0n) is 25.6. The van der Waals surface area contributed by atoms with Gasteiger partial charge in [-0.25, -0.2) is 16.8 Å². The Labute approximate surface area is 261 Å². The van der Waals surface area contributed by atoms with Crippen LogP contribution in [-0.4, -0.2) is 46.5 Å². The summed E-state index contributed by atoms with van der Waals surface area (Å²) in [6.07, 6.45) is 15.0. The summed E-state index contributed by atoms with van der Waals surface area (Å²) >= 11 is 5.48. The smallest absolute Gasteiger partial charge is 0.280 e. The molecule has 43 heavy (non-hydrogen) atoms. The summed E-state index contributed by atoms with van der Waals surface area (Å²) in [5, 5.41) is -0.634. The van der Waals surface area contributed by atoms with Crippen LogP contribution in [0.1, 0.15) is 82.5 Å². The highest BCUT2D eigenvalue weighted by atomic mass is 35.5. The van der Waals surface area contributed by atoms with Crippen LogP contribution in [0.4, 0.5) is 0 Å². The van der Waals surface area contributed by atoms with Crippen molar-refractivity contribution in [3.05, 3.63) is 82.0 Å². The number of amides is 1. The summed E-state index contributed by atoms with van der Waals surface area (Å²) in [7, 11) is -6.85. The van der Waals surface area contributed by atoms with Crippen molar-refractivity contribution in [1.82, 2.24) is 0 Å². The molecule has 2 aromatic carbocycles. The maximum Gasteiger partial charge on any atom is 0.280 e. The minimum absolute atomic E-state index is 0.141. The standard InChI is InChI=1S/C16H23N3O3S.C15H19ClO3S/c1-4-5-6-7-8-12-9-11(2)13(15(20)19-16(17)18)10-14(12)23(3,21)22;1-4-5-6-7-8-12-9-11(2)13(15(16)17)10-14(12)20(3,18)19/h5-6,9-10H,4,7-8H2,1-3H3,(H4,17,18,19,20);5-6,9-10H,4,7-8H2,1-3H3. The molecule has 0 aliphatic heterocycles. The van der Waals surface area contributed by atoms with Crippen molar-refractivity contribution in [2.45, 2.75) is 76.0 Å². The summed E-state index contributed by atoms with van der Waals surface area (Å²) in [5.41, 5.74) is 13.6. The van der Waals surface area contributed by atoms with Gasteiger partial charge in [0, 0.05) is 23.6 Å². The second-order valence-electron chi connectivity index (χ2n) is 10.0. The third kappa shape index (κ3) is 12.5. The average Bonchev–Trinajstić information content (AvgIpc) is 2.87. The third-order valence-corrected chi connectivity index (χ3v) is 8.81. The van der Waals surface area contributed by atoms with Crippen molar-refractivity contribution in [3.63, 3.8) is 0 Å². The number of rotatable bonds is 12. The number of nitrogens with zero attached hydrogens (tertiary/aromatic N) is 1. The maximum absolute atomic E-state index is 12.0. The van der Waals surface area contributed by atoms with Gasteiger partial charge in [0.2, 0.25) is 0 Å². The molecule has 0 aliphatic carbocycles. The van der Waals surface area contributed by atoms with Gasteiger partial charge in [-0.1, -0.05) is 50.3 Å². The number of hydrogen-bond donors (Lipinski definition) is 2. The lowest BCUT2D eigenvalue weighted by atomic mass is 10.0. The summed E-state index contributed by atoms with van der Waals surface area (Å²) in [6, 6.07) is 6.20. The Morgan fingerprint density at radius 2 is 1.14 bits per heavy atom. The molecule has 4 N–H and O–H groups in total. The van der Waals surface area contributed by atoms with Crippen LogP contribution in [0.3, 0.4) is 0 Å². The Bertz CT molecular complexity index is 1620. The molecule has 9 nitrogen and oxygen atoms in total. The SMILES string of the molecule is CCC=CCCc1cc(C)c(C(=O)Cl)cc1S(C)(=O)=O.CCC=CCCc1cc(C)c(C(=O)N=C(N)N)cc1S(C)(=O)=O. The van der Waals surface area contributed by atoms with Crippen molar-refractivity contribution in [2.24, 2.45) is 16.5 Å². The van der Waals surface area contributed by atoms with E-state index in [9.17, 15) is 26.4 Å². The molecular formula is C31H42ClN3O6S2. The van der Waals surface area contributed by atoms with Crippen molar-refractivity contribution in [3.8, 4) is 0 Å². The average molecular weight is 652 g/mol. The number of nitrogens with two attached hydrogens (primary N) is 2. The number of hydrogen-bond acceptors (Lipinski definition) is 6. The van der Waals surface area contributed by atoms with E-state index in [1.807, 2.05) is 38.2 Å². The lowest BCUT2D eigenvalue weighted by molar-refractivity contribution is 0.100. The van der Waals surface area contributed by atoms with Gasteiger partial charge in [0.25, 0.3) is 11.1 Å². The molecule has 0 saturated carbocycles. The largest absolute Gasteiger partial charge is 0.370 e. The molecule has 1 amide bonds. The van der Waals surface area contributed by atoms with Gasteiger partial charge in [0.15, 0.2) is 25.6 Å². The number of carbonyl (C=O) groups is 2. The fourth-order valence-electron chi connectivity index (χ4n) is 4.24. The van der Waals surface area contributed by atoms with E-state index in [4.69, 9.17) is 23.1 Å². The molecule has 0 radical (unpaired) electrons. The Morgan fingerprint density at radius 3 is 1.49 bits per heavy atom. The van der Waals surface area contributed by atoms with Crippen LogP contribution in [0, 0.1) is 13.8 Å². The monoisotopic (exact) mass is 651 g/mol. The number of aryl methyl sites for hydroxylation is 4. The van der Waals surface area contributed by atoms with E-state index < -0.39 is 30.8 Å². The van der Waals surface area contributed by atoms with Crippen molar-refractivity contribution >= 4 is 48.4 Å². The number of carbonyl (C=O) groups excluding carboxylic acids is 2. The van der Waals surface area contributed by atoms with Crippen LogP contribution in [0.25, 0.3) is 0 Å². The summed E-state index contributed by atoms with van der Waals surface area (Å²) in [6.45, 7) is 7.57. The molecule has 0 spiro atoms. The molecule has 236 valence electrons. The molecule has 2 rings (SSSR count). The number of guanidine groups is 1. The van der Waals surface area contributed by atoms with E-state index in [0.29, 0.717) is 29.5 Å². The molecule has 0 heterocycles. The zero-order valence-corrected chi connectivity index (χ0v) is 28.0. The van der Waals surface area contributed by atoms with Gasteiger partial charge in [-0.2, -0.15) is 4.99 Å². The molecule has 0 atom stereocenters. The molecule has 0 unspecified atom stereocenters. The molecular weight excluding hydrogens is 610 g/mol. The van der Waals surface area contributed by atoms with Crippen LogP contribution in [-0.2, 0) is 32.5 Å². The van der Waals surface area contributed by atoms with E-state index in [-0.39, 0.29) is 26.9 Å². The van der Waals surface area contributed by atoms with E-state index in [1.165, 1.54) is 12.1 Å². The van der Waals surface area contributed by atoms with Crippen LogP contribution in [0.15, 0.2) is 63.4 Å². The Balaban J connectivity index is 0.000000434. The second kappa shape index (κ2) is 17.1. The van der Waals surface area contributed by atoms with Crippen LogP contribution in [0.5, 0.6) is 0 Å². The topological polar surface area (TPSA) is 167 Å². The van der Waals surface area contributed by atoms with Gasteiger partial charge in [0.1, 0.15) is 0 Å². The van der Waals surface area contributed by atoms with Gasteiger partial charge >= 0.3 is 0 Å². The van der Waals surface area contributed by atoms with Crippen LogP contribution >= 0.6 is 11.6 Å². The molecule has 0 aliphatic rings. The highest BCUT2D eigenvalue weighted by molar-refractivity contribution is 7.91. The zero-order chi connectivity index (χ0) is 33.0. The first-order valence-electron chi connectivity index (χ1n) is 13.7. The molecule has 0 saturated heterocycles. The normalized spacial score (nSPS) is 11.8. The summed E-state index contributed by atoms with van der Waals surface area (Å²) in [4.78, 5) is 27.1. The number of halogens is 1. The lowest BCUT2D eigenvalue weighted by Gasteiger charge is -2.11. The highest BCUT2D eigenvalue weighted by Gasteiger charge is 2.20. The number of benzene rings is 2. The van der Waals surface area contributed by atoms with Gasteiger partial charge in [-0.05, 0) is 98.4 Å². The summed E-state index contributed by atoms with van der Waals surface area (Å²) < 4.78 is 47.8.